The number of aromatic nitrogens is 1. The van der Waals surface area contributed by atoms with E-state index in [1.807, 2.05) is 0 Å². The monoisotopic (exact) mass is 297 g/mol. The van der Waals surface area contributed by atoms with Gasteiger partial charge in [0.05, 0.1) is 18.6 Å². The van der Waals surface area contributed by atoms with Crippen LogP contribution in [0, 0.1) is 0 Å². The van der Waals surface area contributed by atoms with Crippen LogP contribution in [-0.2, 0) is 5.41 Å². The van der Waals surface area contributed by atoms with Gasteiger partial charge in [-0.3, -0.25) is 9.78 Å². The number of carbonyl (C=O) groups is 1. The number of Topliss-reactive ketones (excluding diaryl/α,β-unsaturated/α-hetero) is 1. The summed E-state index contributed by atoms with van der Waals surface area (Å²) in [5.74, 6) is 0.198. The van der Waals surface area contributed by atoms with Crippen LogP contribution in [0.5, 0.6) is 11.5 Å². The van der Waals surface area contributed by atoms with Crippen molar-refractivity contribution in [1.82, 2.24) is 4.98 Å². The number of allylic oxidation sites excluding steroid dienone is 1. The Kier molecular flexibility index (Phi) is 2.60. The van der Waals surface area contributed by atoms with Crippen LogP contribution in [0.15, 0.2) is 30.5 Å². The van der Waals surface area contributed by atoms with Crippen molar-refractivity contribution >= 4 is 16.6 Å². The highest BCUT2D eigenvalue weighted by Gasteiger charge is 2.50. The van der Waals surface area contributed by atoms with Gasteiger partial charge in [0.2, 0.25) is 0 Å². The molecule has 2 N–H and O–H groups in total. The van der Waals surface area contributed by atoms with Crippen LogP contribution in [0.1, 0.15) is 28.9 Å². The molecule has 0 saturated heterocycles. The average Bonchev–Trinajstić information content (AvgIpc) is 2.78. The third-order valence-corrected chi connectivity index (χ3v) is 4.71. The Labute approximate surface area is 126 Å². The molecule has 112 valence electrons. The maximum Gasteiger partial charge on any atom is 0.196 e. The van der Waals surface area contributed by atoms with Gasteiger partial charge in [-0.2, -0.15) is 0 Å². The molecule has 0 unspecified atom stereocenters. The molecule has 2 atom stereocenters. The Morgan fingerprint density at radius 1 is 1.45 bits per heavy atom. The number of rotatable bonds is 1. The van der Waals surface area contributed by atoms with Crippen LogP contribution in [0.3, 0.4) is 0 Å². The van der Waals surface area contributed by atoms with Crippen molar-refractivity contribution in [3.63, 3.8) is 0 Å². The lowest BCUT2D eigenvalue weighted by Crippen LogP contribution is -2.34. The molecular formula is C17H15NO4. The first-order chi connectivity index (χ1) is 10.6. The van der Waals surface area contributed by atoms with Gasteiger partial charge < -0.3 is 14.9 Å². The second-order valence-electron chi connectivity index (χ2n) is 5.83. The smallest absolute Gasteiger partial charge is 0.196 e. The fourth-order valence-corrected chi connectivity index (χ4v) is 3.63. The Hall–Kier alpha value is -2.40. The van der Waals surface area contributed by atoms with E-state index in [0.29, 0.717) is 35.2 Å². The minimum atomic E-state index is -0.952. The molecule has 4 rings (SSSR count). The Bertz CT molecular complexity index is 842. The Morgan fingerprint density at radius 2 is 2.27 bits per heavy atom. The van der Waals surface area contributed by atoms with E-state index in [1.165, 1.54) is 7.11 Å². The zero-order chi connectivity index (χ0) is 15.5. The fraction of sp³-hybridized carbons (Fsp3) is 0.294. The lowest BCUT2D eigenvalue weighted by Gasteiger charge is -2.30. The number of ketones is 1. The van der Waals surface area contributed by atoms with Crippen molar-refractivity contribution in [2.24, 2.45) is 0 Å². The lowest BCUT2D eigenvalue weighted by molar-refractivity contribution is 0.0890. The first-order valence-corrected chi connectivity index (χ1v) is 7.20. The van der Waals surface area contributed by atoms with Gasteiger partial charge in [0.25, 0.3) is 0 Å². The summed E-state index contributed by atoms with van der Waals surface area (Å²) >= 11 is 0. The standard InChI is InChI=1S/C17H15NO4/c1-22-11-8-9-4-7-18-14-12(9)13(15(11)20)17(16(14)21)5-2-10(19)3-6-17/h2,4-5,7-8,10,19-20H,3,6H2,1H3/t10-,17-/m1/s1. The number of aliphatic hydroxyl groups excluding tert-OH is 1. The van der Waals surface area contributed by atoms with Crippen molar-refractivity contribution in [1.29, 1.82) is 0 Å². The molecule has 22 heavy (non-hydrogen) atoms. The summed E-state index contributed by atoms with van der Waals surface area (Å²) in [6.45, 7) is 0. The number of hydrogen-bond donors (Lipinski definition) is 2. The zero-order valence-corrected chi connectivity index (χ0v) is 12.0. The number of carbonyl (C=O) groups excluding carboxylic acids is 1. The van der Waals surface area contributed by atoms with Gasteiger partial charge in [-0.15, -0.1) is 0 Å². The van der Waals surface area contributed by atoms with Crippen molar-refractivity contribution < 1.29 is 19.7 Å². The number of fused-ring (bicyclic) bond motifs is 1. The van der Waals surface area contributed by atoms with E-state index in [0.717, 1.165) is 5.39 Å². The maximum absolute atomic E-state index is 13.0. The van der Waals surface area contributed by atoms with E-state index < -0.39 is 11.5 Å². The molecule has 0 radical (unpaired) electrons. The van der Waals surface area contributed by atoms with Crippen molar-refractivity contribution in [2.75, 3.05) is 7.11 Å². The number of pyridine rings is 1. The van der Waals surface area contributed by atoms with Gasteiger partial charge >= 0.3 is 0 Å². The van der Waals surface area contributed by atoms with E-state index >= 15 is 0 Å². The summed E-state index contributed by atoms with van der Waals surface area (Å²) < 4.78 is 5.25. The number of methoxy groups -OCH3 is 1. The first kappa shape index (κ1) is 13.3. The molecule has 2 aliphatic rings. The number of aromatic hydroxyl groups is 1. The van der Waals surface area contributed by atoms with Gasteiger partial charge in [0, 0.05) is 17.1 Å². The van der Waals surface area contributed by atoms with E-state index in [2.05, 4.69) is 4.98 Å². The second-order valence-corrected chi connectivity index (χ2v) is 5.83. The zero-order valence-electron chi connectivity index (χ0n) is 12.0. The summed E-state index contributed by atoms with van der Waals surface area (Å²) in [6, 6.07) is 3.52. The Balaban J connectivity index is 2.13. The third kappa shape index (κ3) is 1.46. The second kappa shape index (κ2) is 4.30. The van der Waals surface area contributed by atoms with E-state index in [9.17, 15) is 15.0 Å². The Morgan fingerprint density at radius 3 is 2.95 bits per heavy atom. The molecule has 0 saturated carbocycles. The van der Waals surface area contributed by atoms with E-state index in [1.54, 1.807) is 30.5 Å². The number of aliphatic hydroxyl groups is 1. The molecular weight excluding hydrogens is 282 g/mol. The summed E-state index contributed by atoms with van der Waals surface area (Å²) in [7, 11) is 1.49. The SMILES string of the molecule is COc1cc2ccnc3c2c(c1O)[C@]1(C=C[C@@H](O)CC1)C3=O. The van der Waals surface area contributed by atoms with E-state index in [-0.39, 0.29) is 11.5 Å². The van der Waals surface area contributed by atoms with Crippen LogP contribution < -0.4 is 4.74 Å². The number of ether oxygens (including phenoxy) is 1. The summed E-state index contributed by atoms with van der Waals surface area (Å²) in [5.41, 5.74) is -0.0168. The first-order valence-electron chi connectivity index (χ1n) is 7.20. The van der Waals surface area contributed by atoms with Gasteiger partial charge in [0.15, 0.2) is 17.3 Å². The largest absolute Gasteiger partial charge is 0.504 e. The van der Waals surface area contributed by atoms with Crippen LogP contribution in [0.4, 0.5) is 0 Å². The number of benzene rings is 1. The highest BCUT2D eigenvalue weighted by atomic mass is 16.5. The molecule has 0 amide bonds. The molecule has 0 bridgehead atoms. The van der Waals surface area contributed by atoms with Crippen molar-refractivity contribution in [2.45, 2.75) is 24.4 Å². The third-order valence-electron chi connectivity index (χ3n) is 4.71. The fourth-order valence-electron chi connectivity index (χ4n) is 3.63. The van der Waals surface area contributed by atoms with Crippen molar-refractivity contribution in [3.05, 3.63) is 41.7 Å². The van der Waals surface area contributed by atoms with Crippen LogP contribution in [-0.4, -0.2) is 34.2 Å². The summed E-state index contributed by atoms with van der Waals surface area (Å²) in [4.78, 5) is 17.2. The number of nitrogens with zero attached hydrogens (tertiary/aromatic N) is 1. The highest BCUT2D eigenvalue weighted by Crippen LogP contribution is 2.53. The molecule has 0 fully saturated rings. The number of phenolic OH excluding ortho intramolecular Hbond substituents is 1. The molecule has 2 aliphatic carbocycles. The molecule has 1 spiro atoms. The number of phenols is 1. The quantitative estimate of drug-likeness (QED) is 0.788. The predicted molar refractivity (Wildman–Crippen MR) is 80.3 cm³/mol. The lowest BCUT2D eigenvalue weighted by atomic mass is 9.72. The van der Waals surface area contributed by atoms with E-state index in [4.69, 9.17) is 4.74 Å². The summed E-state index contributed by atoms with van der Waals surface area (Å²) in [5, 5.41) is 21.8. The van der Waals surface area contributed by atoms with Gasteiger partial charge in [-0.25, -0.2) is 0 Å². The van der Waals surface area contributed by atoms with Gasteiger partial charge in [-0.1, -0.05) is 12.2 Å². The van der Waals surface area contributed by atoms with Gasteiger partial charge in [-0.05, 0) is 30.4 Å². The molecule has 1 aromatic heterocycles. The van der Waals surface area contributed by atoms with Crippen LogP contribution >= 0.6 is 0 Å². The molecule has 2 aromatic rings. The maximum atomic E-state index is 13.0. The van der Waals surface area contributed by atoms with Gasteiger partial charge in [0.1, 0.15) is 5.69 Å². The molecule has 0 aliphatic heterocycles. The van der Waals surface area contributed by atoms with Crippen molar-refractivity contribution in [3.8, 4) is 11.5 Å². The molecule has 1 aromatic carbocycles. The molecule has 5 nitrogen and oxygen atoms in total. The number of hydrogen-bond acceptors (Lipinski definition) is 5. The minimum absolute atomic E-state index is 0.0175. The van der Waals surface area contributed by atoms with Crippen LogP contribution in [0.25, 0.3) is 10.8 Å². The average molecular weight is 297 g/mol. The topological polar surface area (TPSA) is 79.7 Å². The highest BCUT2D eigenvalue weighted by molar-refractivity contribution is 6.21. The minimum Gasteiger partial charge on any atom is -0.504 e. The predicted octanol–water partition coefficient (Wildman–Crippen LogP) is 2.09. The molecule has 5 heteroatoms. The molecule has 1 heterocycles. The van der Waals surface area contributed by atoms with Crippen LogP contribution in [0.2, 0.25) is 0 Å². The summed E-state index contributed by atoms with van der Waals surface area (Å²) in [6.07, 6.45) is 5.27. The normalized spacial score (nSPS) is 26.1.